The Balaban J connectivity index is 1.71. The molecule has 2 aromatic heterocycles. The fraction of sp³-hybridized carbons (Fsp3) is 0.150. The van der Waals surface area contributed by atoms with Crippen LogP contribution in [0.3, 0.4) is 0 Å². The summed E-state index contributed by atoms with van der Waals surface area (Å²) < 4.78 is 4.79. The molecule has 4 aromatic rings. The third-order valence-corrected chi connectivity index (χ3v) is 5.58. The molecule has 27 heavy (non-hydrogen) atoms. The summed E-state index contributed by atoms with van der Waals surface area (Å²) >= 11 is 3.58. The van der Waals surface area contributed by atoms with Crippen LogP contribution in [0.5, 0.6) is 0 Å². The van der Waals surface area contributed by atoms with Crippen molar-refractivity contribution in [3.63, 3.8) is 0 Å². The summed E-state index contributed by atoms with van der Waals surface area (Å²) in [7, 11) is 0. The zero-order valence-electron chi connectivity index (χ0n) is 14.4. The van der Waals surface area contributed by atoms with Crippen LogP contribution >= 0.6 is 15.9 Å². The first-order chi connectivity index (χ1) is 13.2. The number of nitrogens with zero attached hydrogens (tertiary/aromatic N) is 5. The van der Waals surface area contributed by atoms with Gasteiger partial charge in [0.05, 0.1) is 35.1 Å². The molecule has 1 aliphatic rings. The Hall–Kier alpha value is -2.77. The molecular formula is C20H16BrN5O. The minimum atomic E-state index is -0.0192. The van der Waals surface area contributed by atoms with Crippen molar-refractivity contribution in [1.29, 1.82) is 0 Å². The third-order valence-electron chi connectivity index (χ3n) is 4.92. The second-order valence-electron chi connectivity index (χ2n) is 6.57. The van der Waals surface area contributed by atoms with Crippen LogP contribution in [-0.2, 0) is 19.4 Å². The van der Waals surface area contributed by atoms with E-state index in [4.69, 9.17) is 0 Å². The van der Waals surface area contributed by atoms with Gasteiger partial charge in [-0.25, -0.2) is 9.67 Å². The summed E-state index contributed by atoms with van der Waals surface area (Å²) in [4.78, 5) is 4.43. The van der Waals surface area contributed by atoms with Gasteiger partial charge in [-0.05, 0) is 39.2 Å². The Kier molecular flexibility index (Phi) is 3.91. The topological polar surface area (TPSA) is 68.8 Å². The number of benzene rings is 2. The van der Waals surface area contributed by atoms with Gasteiger partial charge in [0, 0.05) is 12.8 Å². The van der Waals surface area contributed by atoms with Crippen LogP contribution in [0.2, 0.25) is 0 Å². The van der Waals surface area contributed by atoms with Crippen molar-refractivity contribution in [3.8, 4) is 11.4 Å². The molecule has 7 heteroatoms. The molecular weight excluding hydrogens is 406 g/mol. The lowest BCUT2D eigenvalue weighted by molar-refractivity contribution is 0.282. The zero-order valence-corrected chi connectivity index (χ0v) is 16.0. The monoisotopic (exact) mass is 421 g/mol. The van der Waals surface area contributed by atoms with Crippen LogP contribution in [0, 0.1) is 0 Å². The van der Waals surface area contributed by atoms with E-state index in [9.17, 15) is 5.11 Å². The van der Waals surface area contributed by atoms with Gasteiger partial charge in [-0.1, -0.05) is 41.6 Å². The van der Waals surface area contributed by atoms with Gasteiger partial charge in [0.2, 0.25) is 0 Å². The number of imidazole rings is 1. The van der Waals surface area contributed by atoms with Crippen LogP contribution in [0.1, 0.15) is 28.2 Å². The summed E-state index contributed by atoms with van der Waals surface area (Å²) in [5, 5.41) is 18.5. The largest absolute Gasteiger partial charge is 0.392 e. The van der Waals surface area contributed by atoms with E-state index in [2.05, 4.69) is 47.9 Å². The van der Waals surface area contributed by atoms with Gasteiger partial charge in [-0.3, -0.25) is 4.57 Å². The van der Waals surface area contributed by atoms with E-state index in [0.29, 0.717) is 6.42 Å². The smallest absolute Gasteiger partial charge is 0.128 e. The first kappa shape index (κ1) is 16.4. The number of halogens is 1. The molecule has 1 N–H and O–H groups in total. The maximum atomic E-state index is 9.58. The Morgan fingerprint density at radius 1 is 1.00 bits per heavy atom. The van der Waals surface area contributed by atoms with Gasteiger partial charge < -0.3 is 5.11 Å². The summed E-state index contributed by atoms with van der Waals surface area (Å²) in [6, 6.07) is 16.1. The molecule has 0 saturated carbocycles. The van der Waals surface area contributed by atoms with Crippen LogP contribution in [0.15, 0.2) is 59.5 Å². The highest BCUT2D eigenvalue weighted by Gasteiger charge is 2.25. The van der Waals surface area contributed by atoms with Crippen LogP contribution in [0.25, 0.3) is 11.4 Å². The first-order valence-corrected chi connectivity index (χ1v) is 9.47. The SMILES string of the molecule is OCc1ccc2c(c1)-n1nnc(Cc3ccccc3)c1Cc1c(Br)ncn1-2. The van der Waals surface area contributed by atoms with Crippen LogP contribution in [-0.4, -0.2) is 29.7 Å². The molecule has 6 nitrogen and oxygen atoms in total. The average Bonchev–Trinajstić information content (AvgIpc) is 3.22. The van der Waals surface area contributed by atoms with E-state index >= 15 is 0 Å². The number of hydrogen-bond donors (Lipinski definition) is 1. The summed E-state index contributed by atoms with van der Waals surface area (Å²) in [6.45, 7) is -0.0192. The fourth-order valence-electron chi connectivity index (χ4n) is 3.55. The van der Waals surface area contributed by atoms with Crippen LogP contribution in [0.4, 0.5) is 0 Å². The number of aromatic nitrogens is 5. The Labute approximate surface area is 164 Å². The Morgan fingerprint density at radius 2 is 1.85 bits per heavy atom. The van der Waals surface area contributed by atoms with Gasteiger partial charge in [0.1, 0.15) is 10.9 Å². The van der Waals surface area contributed by atoms with E-state index < -0.39 is 0 Å². The molecule has 1 aliphatic heterocycles. The van der Waals surface area contributed by atoms with Crippen molar-refractivity contribution in [2.45, 2.75) is 19.4 Å². The van der Waals surface area contributed by atoms with Crippen LogP contribution < -0.4 is 0 Å². The highest BCUT2D eigenvalue weighted by atomic mass is 79.9. The van der Waals surface area contributed by atoms with Crippen molar-refractivity contribution in [1.82, 2.24) is 24.5 Å². The van der Waals surface area contributed by atoms with Gasteiger partial charge in [0.15, 0.2) is 0 Å². The van der Waals surface area contributed by atoms with Crippen molar-refractivity contribution >= 4 is 15.9 Å². The molecule has 3 heterocycles. The van der Waals surface area contributed by atoms with Crippen molar-refractivity contribution < 1.29 is 5.11 Å². The highest BCUT2D eigenvalue weighted by molar-refractivity contribution is 9.10. The van der Waals surface area contributed by atoms with E-state index in [1.807, 2.05) is 47.4 Å². The lowest BCUT2D eigenvalue weighted by Gasteiger charge is -2.11. The van der Waals surface area contributed by atoms with Crippen molar-refractivity contribution in [2.75, 3.05) is 0 Å². The number of aliphatic hydroxyl groups is 1. The zero-order chi connectivity index (χ0) is 18.4. The fourth-order valence-corrected chi connectivity index (χ4v) is 3.97. The molecule has 0 aliphatic carbocycles. The Bertz CT molecular complexity index is 1130. The normalized spacial score (nSPS) is 12.2. The molecule has 0 saturated heterocycles. The van der Waals surface area contributed by atoms with Crippen molar-refractivity contribution in [3.05, 3.63) is 87.7 Å². The van der Waals surface area contributed by atoms with E-state index in [1.54, 1.807) is 0 Å². The predicted molar refractivity (Wildman–Crippen MR) is 104 cm³/mol. The molecule has 0 atom stereocenters. The Morgan fingerprint density at radius 3 is 2.67 bits per heavy atom. The number of fused-ring (bicyclic) bond motifs is 5. The minimum absolute atomic E-state index is 0.0192. The molecule has 0 fully saturated rings. The number of aliphatic hydroxyl groups excluding tert-OH is 1. The molecule has 134 valence electrons. The van der Waals surface area contributed by atoms with Gasteiger partial charge in [-0.2, -0.15) is 0 Å². The van der Waals surface area contributed by atoms with E-state index in [0.717, 1.165) is 45.0 Å². The second kappa shape index (κ2) is 6.44. The highest BCUT2D eigenvalue weighted by Crippen LogP contribution is 2.32. The number of hydrogen-bond acceptors (Lipinski definition) is 4. The second-order valence-corrected chi connectivity index (χ2v) is 7.32. The average molecular weight is 422 g/mol. The quantitative estimate of drug-likeness (QED) is 0.485. The maximum Gasteiger partial charge on any atom is 0.128 e. The first-order valence-electron chi connectivity index (χ1n) is 8.68. The molecule has 0 unspecified atom stereocenters. The molecule has 2 aromatic carbocycles. The number of rotatable bonds is 3. The van der Waals surface area contributed by atoms with E-state index in [-0.39, 0.29) is 6.61 Å². The van der Waals surface area contributed by atoms with Gasteiger partial charge in [0.25, 0.3) is 0 Å². The molecule has 0 spiro atoms. The van der Waals surface area contributed by atoms with Crippen molar-refractivity contribution in [2.24, 2.45) is 0 Å². The minimum Gasteiger partial charge on any atom is -0.392 e. The molecule has 0 radical (unpaired) electrons. The lowest BCUT2D eigenvalue weighted by atomic mass is 10.1. The molecule has 0 bridgehead atoms. The predicted octanol–water partition coefficient (Wildman–Crippen LogP) is 3.20. The molecule has 0 amide bonds. The molecule has 5 rings (SSSR count). The third kappa shape index (κ3) is 2.70. The van der Waals surface area contributed by atoms with Gasteiger partial charge in [-0.15, -0.1) is 5.10 Å². The standard InChI is InChI=1S/C20H16BrN5O/c21-20-19-10-17-15(8-13-4-2-1-3-5-13)23-24-26(17)18-9-14(11-27)6-7-16(18)25(19)12-22-20/h1-7,9,12,27H,8,10-11H2. The summed E-state index contributed by atoms with van der Waals surface area (Å²) in [5.41, 5.74) is 6.94. The van der Waals surface area contributed by atoms with Gasteiger partial charge >= 0.3 is 0 Å². The maximum absolute atomic E-state index is 9.58. The summed E-state index contributed by atoms with van der Waals surface area (Å²) in [6.07, 6.45) is 3.20. The summed E-state index contributed by atoms with van der Waals surface area (Å²) in [5.74, 6) is 0. The lowest BCUT2D eigenvalue weighted by Crippen LogP contribution is -2.05. The van der Waals surface area contributed by atoms with E-state index in [1.165, 1.54) is 5.56 Å².